The van der Waals surface area contributed by atoms with Crippen molar-refractivity contribution in [3.63, 3.8) is 0 Å². The van der Waals surface area contributed by atoms with E-state index in [2.05, 4.69) is 10.3 Å². The van der Waals surface area contributed by atoms with E-state index in [1.165, 1.54) is 11.0 Å². The van der Waals surface area contributed by atoms with Crippen molar-refractivity contribution in [2.45, 2.75) is 31.4 Å². The van der Waals surface area contributed by atoms with Gasteiger partial charge in [-0.15, -0.1) is 0 Å². The Bertz CT molecular complexity index is 1300. The predicted molar refractivity (Wildman–Crippen MR) is 123 cm³/mol. The van der Waals surface area contributed by atoms with E-state index in [0.717, 1.165) is 27.1 Å². The van der Waals surface area contributed by atoms with Crippen LogP contribution in [-0.4, -0.2) is 63.4 Å². The van der Waals surface area contributed by atoms with Gasteiger partial charge in [0.25, 0.3) is 12.3 Å². The molecule has 0 bridgehead atoms. The number of aromatic amines is 1. The van der Waals surface area contributed by atoms with Crippen molar-refractivity contribution in [3.8, 4) is 5.75 Å². The molecule has 34 heavy (non-hydrogen) atoms. The minimum absolute atomic E-state index is 0.0241. The number of rotatable bonds is 6. The number of hydrogen-bond acceptors (Lipinski definition) is 4. The van der Waals surface area contributed by atoms with Crippen LogP contribution in [0.15, 0.2) is 42.5 Å². The number of H-pyrrole nitrogens is 1. The Morgan fingerprint density at radius 2 is 2.06 bits per heavy atom. The van der Waals surface area contributed by atoms with Crippen LogP contribution in [0.25, 0.3) is 10.9 Å². The van der Waals surface area contributed by atoms with Gasteiger partial charge in [0.05, 0.1) is 6.54 Å². The fraction of sp³-hybridized carbons (Fsp3) is 0.333. The number of alkyl halides is 2. The molecule has 3 N–H and O–H groups in total. The summed E-state index contributed by atoms with van der Waals surface area (Å²) in [5.41, 5.74) is 1.91. The van der Waals surface area contributed by atoms with Crippen molar-refractivity contribution in [2.24, 2.45) is 0 Å². The van der Waals surface area contributed by atoms with Crippen molar-refractivity contribution in [3.05, 3.63) is 64.3 Å². The van der Waals surface area contributed by atoms with Crippen molar-refractivity contribution < 1.29 is 23.5 Å². The molecule has 0 radical (unpaired) electrons. The van der Waals surface area contributed by atoms with Crippen molar-refractivity contribution in [2.75, 3.05) is 19.6 Å². The number of carbonyl (C=O) groups excluding carboxylic acids is 2. The first-order valence-corrected chi connectivity index (χ1v) is 11.3. The molecular formula is C24H23ClF2N4O3. The van der Waals surface area contributed by atoms with Crippen molar-refractivity contribution in [1.82, 2.24) is 20.1 Å². The van der Waals surface area contributed by atoms with Crippen LogP contribution in [0.2, 0.25) is 5.02 Å². The van der Waals surface area contributed by atoms with E-state index in [1.807, 2.05) is 12.1 Å². The first-order valence-electron chi connectivity index (χ1n) is 10.9. The molecule has 2 aliphatic rings. The van der Waals surface area contributed by atoms with Crippen LogP contribution in [0.3, 0.4) is 0 Å². The third-order valence-corrected chi connectivity index (χ3v) is 6.86. The normalized spacial score (nSPS) is 22.1. The largest absolute Gasteiger partial charge is 0.508 e. The van der Waals surface area contributed by atoms with Gasteiger partial charge in [0.2, 0.25) is 0 Å². The second-order valence-corrected chi connectivity index (χ2v) is 9.30. The van der Waals surface area contributed by atoms with E-state index in [9.17, 15) is 23.5 Å². The number of phenols is 1. The van der Waals surface area contributed by atoms with Gasteiger partial charge in [-0.2, -0.15) is 0 Å². The van der Waals surface area contributed by atoms with Gasteiger partial charge >= 0.3 is 6.03 Å². The fourth-order valence-corrected chi connectivity index (χ4v) is 5.30. The third kappa shape index (κ3) is 3.50. The van der Waals surface area contributed by atoms with Crippen LogP contribution in [0, 0.1) is 0 Å². The van der Waals surface area contributed by atoms with Crippen LogP contribution in [-0.2, 0) is 11.2 Å². The quantitative estimate of drug-likeness (QED) is 0.361. The molecule has 2 aliphatic heterocycles. The summed E-state index contributed by atoms with van der Waals surface area (Å²) < 4.78 is 25.0. The molecule has 0 saturated carbocycles. The number of aromatic nitrogens is 1. The molecule has 178 valence electrons. The highest BCUT2D eigenvalue weighted by Gasteiger charge is 2.60. The van der Waals surface area contributed by atoms with Crippen LogP contribution in [0.5, 0.6) is 5.75 Å². The number of benzene rings is 2. The molecule has 1 aromatic heterocycles. The summed E-state index contributed by atoms with van der Waals surface area (Å²) in [5.74, 6) is -0.347. The Labute approximate surface area is 199 Å². The molecule has 1 saturated heterocycles. The Balaban J connectivity index is 1.61. The van der Waals surface area contributed by atoms with Gasteiger partial charge in [0, 0.05) is 41.1 Å². The maximum absolute atomic E-state index is 13.6. The standard InChI is InChI=1S/C24H23ClF2N4O3/c1-24-11-17-16-10-14(25)5-6-18(16)29-20(17)21(13-3-2-4-15(32)9-13)31(24)23(34)30(22(24)33)8-7-28-12-19(26)27/h2-6,9-10,19,21,28-29,32H,7-8,11-12H2,1H3/t21-,24+/m1/s1. The van der Waals surface area contributed by atoms with E-state index in [1.54, 1.807) is 31.2 Å². The van der Waals surface area contributed by atoms with Gasteiger partial charge in [0.15, 0.2) is 0 Å². The molecule has 2 aromatic carbocycles. The van der Waals surface area contributed by atoms with Crippen LogP contribution in [0.1, 0.15) is 29.8 Å². The number of aromatic hydroxyl groups is 1. The number of fused-ring (bicyclic) bond motifs is 4. The number of halogens is 3. The highest BCUT2D eigenvalue weighted by molar-refractivity contribution is 6.31. The van der Waals surface area contributed by atoms with Crippen LogP contribution >= 0.6 is 11.6 Å². The highest BCUT2D eigenvalue weighted by atomic mass is 35.5. The monoisotopic (exact) mass is 488 g/mol. The lowest BCUT2D eigenvalue weighted by molar-refractivity contribution is -0.133. The molecule has 10 heteroatoms. The summed E-state index contributed by atoms with van der Waals surface area (Å²) in [6, 6.07) is 10.9. The number of urea groups is 1. The maximum Gasteiger partial charge on any atom is 0.328 e. The SMILES string of the molecule is C[C@@]12Cc3c([nH]c4ccc(Cl)cc34)[C@@H](c3cccc(O)c3)N1C(=O)N(CCNCC(F)F)C2=O. The minimum Gasteiger partial charge on any atom is -0.508 e. The van der Waals surface area contributed by atoms with Gasteiger partial charge in [0.1, 0.15) is 17.3 Å². The smallest absolute Gasteiger partial charge is 0.328 e. The average molecular weight is 489 g/mol. The van der Waals surface area contributed by atoms with Gasteiger partial charge in [-0.3, -0.25) is 14.6 Å². The number of imide groups is 1. The third-order valence-electron chi connectivity index (χ3n) is 6.63. The molecule has 7 nitrogen and oxygen atoms in total. The van der Waals surface area contributed by atoms with Gasteiger partial charge < -0.3 is 15.4 Å². The molecule has 3 aromatic rings. The highest BCUT2D eigenvalue weighted by Crippen LogP contribution is 2.49. The maximum atomic E-state index is 13.6. The number of carbonyl (C=O) groups is 2. The summed E-state index contributed by atoms with van der Waals surface area (Å²) in [6.45, 7) is 1.25. The fourth-order valence-electron chi connectivity index (χ4n) is 5.13. The summed E-state index contributed by atoms with van der Waals surface area (Å²) in [7, 11) is 0. The second-order valence-electron chi connectivity index (χ2n) is 8.86. The zero-order chi connectivity index (χ0) is 24.2. The van der Waals surface area contributed by atoms with Crippen LogP contribution in [0.4, 0.5) is 13.6 Å². The van der Waals surface area contributed by atoms with E-state index in [-0.39, 0.29) is 31.2 Å². The summed E-state index contributed by atoms with van der Waals surface area (Å²) in [5, 5.41) is 14.1. The Morgan fingerprint density at radius 3 is 2.79 bits per heavy atom. The topological polar surface area (TPSA) is 88.7 Å². The van der Waals surface area contributed by atoms with Gasteiger partial charge in [-0.25, -0.2) is 13.6 Å². The summed E-state index contributed by atoms with van der Waals surface area (Å²) >= 11 is 6.26. The second kappa shape index (κ2) is 8.25. The molecule has 3 amide bonds. The molecule has 1 fully saturated rings. The molecule has 5 rings (SSSR count). The average Bonchev–Trinajstić information content (AvgIpc) is 3.22. The first kappa shape index (κ1) is 22.6. The van der Waals surface area contributed by atoms with Gasteiger partial charge in [-0.05, 0) is 48.4 Å². The lowest BCUT2D eigenvalue weighted by Gasteiger charge is -2.42. The first-order chi connectivity index (χ1) is 16.2. The Kier molecular flexibility index (Phi) is 5.49. The number of hydrogen-bond donors (Lipinski definition) is 3. The lowest BCUT2D eigenvalue weighted by atomic mass is 9.81. The number of phenolic OH excluding ortho intramolecular Hbond substituents is 1. The molecule has 0 spiro atoms. The van der Waals surface area contributed by atoms with Crippen LogP contribution < -0.4 is 5.32 Å². The molecule has 3 heterocycles. The van der Waals surface area contributed by atoms with Crippen molar-refractivity contribution >= 4 is 34.4 Å². The summed E-state index contributed by atoms with van der Waals surface area (Å²) in [4.78, 5) is 33.2. The number of nitrogens with zero attached hydrogens (tertiary/aromatic N) is 2. The number of nitrogens with one attached hydrogen (secondary N) is 2. The molecular weight excluding hydrogens is 466 g/mol. The van der Waals surface area contributed by atoms with Gasteiger partial charge in [-0.1, -0.05) is 23.7 Å². The van der Waals surface area contributed by atoms with E-state index >= 15 is 0 Å². The zero-order valence-electron chi connectivity index (χ0n) is 18.3. The Hall–Kier alpha value is -3.17. The lowest BCUT2D eigenvalue weighted by Crippen LogP contribution is -2.53. The minimum atomic E-state index is -2.52. The Morgan fingerprint density at radius 1 is 1.26 bits per heavy atom. The van der Waals surface area contributed by atoms with E-state index in [0.29, 0.717) is 10.6 Å². The zero-order valence-corrected chi connectivity index (χ0v) is 19.1. The summed E-state index contributed by atoms with van der Waals surface area (Å²) in [6.07, 6.45) is -2.25. The molecule has 0 aliphatic carbocycles. The molecule has 0 unspecified atom stereocenters. The predicted octanol–water partition coefficient (Wildman–Crippen LogP) is 4.05. The molecule has 2 atom stereocenters. The van der Waals surface area contributed by atoms with E-state index in [4.69, 9.17) is 11.6 Å². The van der Waals surface area contributed by atoms with Crippen molar-refractivity contribution in [1.29, 1.82) is 0 Å². The number of amides is 3. The van der Waals surface area contributed by atoms with E-state index < -0.39 is 30.6 Å².